The number of hydrogen-bond donors (Lipinski definition) is 1. The maximum Gasteiger partial charge on any atom is 0.227 e. The van der Waals surface area contributed by atoms with Crippen LogP contribution in [0.2, 0.25) is 0 Å². The van der Waals surface area contributed by atoms with E-state index in [9.17, 15) is 4.79 Å². The molecule has 0 saturated heterocycles. The van der Waals surface area contributed by atoms with Gasteiger partial charge in [0.15, 0.2) is 0 Å². The van der Waals surface area contributed by atoms with Gasteiger partial charge in [-0.1, -0.05) is 55.5 Å². The first-order valence-corrected chi connectivity index (χ1v) is 9.97. The van der Waals surface area contributed by atoms with Gasteiger partial charge in [-0.25, -0.2) is 4.68 Å². The Balaban J connectivity index is 1.79. The highest BCUT2D eigenvalue weighted by molar-refractivity contribution is 5.79. The number of aromatic nitrogens is 2. The largest absolute Gasteiger partial charge is 0.341 e. The molecule has 3 aromatic rings. The molecule has 1 heterocycles. The summed E-state index contributed by atoms with van der Waals surface area (Å²) >= 11 is 0. The van der Waals surface area contributed by atoms with Crippen molar-refractivity contribution in [2.24, 2.45) is 11.7 Å². The summed E-state index contributed by atoms with van der Waals surface area (Å²) in [5.74, 6) is -0.279. The normalized spacial score (nSPS) is 13.2. The summed E-state index contributed by atoms with van der Waals surface area (Å²) in [5, 5.41) is 4.74. The summed E-state index contributed by atoms with van der Waals surface area (Å²) in [7, 11) is 1.83. The van der Waals surface area contributed by atoms with Gasteiger partial charge in [-0.05, 0) is 38.0 Å². The SMILES string of the molecule is Cc1ccccc1-n1nc(C)c(CN(C)C(=O)C(C)C(N)c2ccccc2)c1C. The first kappa shape index (κ1) is 20.8. The highest BCUT2D eigenvalue weighted by Crippen LogP contribution is 2.24. The Morgan fingerprint density at radius 1 is 1.07 bits per heavy atom. The predicted octanol–water partition coefficient (Wildman–Crippen LogP) is 4.09. The second-order valence-electron chi connectivity index (χ2n) is 7.77. The smallest absolute Gasteiger partial charge is 0.227 e. The first-order chi connectivity index (χ1) is 13.8. The highest BCUT2D eigenvalue weighted by atomic mass is 16.2. The number of nitrogens with two attached hydrogens (primary N) is 1. The maximum absolute atomic E-state index is 13.0. The van der Waals surface area contributed by atoms with Gasteiger partial charge in [0.05, 0.1) is 17.3 Å². The molecule has 5 nitrogen and oxygen atoms in total. The lowest BCUT2D eigenvalue weighted by atomic mass is 9.94. The van der Waals surface area contributed by atoms with Crippen LogP contribution in [-0.2, 0) is 11.3 Å². The minimum absolute atomic E-state index is 0.0313. The quantitative estimate of drug-likeness (QED) is 0.689. The van der Waals surface area contributed by atoms with Gasteiger partial charge in [-0.3, -0.25) is 4.79 Å². The van der Waals surface area contributed by atoms with Crippen LogP contribution in [0.1, 0.15) is 41.0 Å². The molecule has 152 valence electrons. The molecule has 2 N–H and O–H groups in total. The zero-order chi connectivity index (χ0) is 21.1. The van der Waals surface area contributed by atoms with Gasteiger partial charge >= 0.3 is 0 Å². The first-order valence-electron chi connectivity index (χ1n) is 9.97. The standard InChI is InChI=1S/C24H30N4O/c1-16-11-9-10-14-22(16)28-19(4)21(18(3)26-28)15-27(5)24(29)17(2)23(25)20-12-7-6-8-13-20/h6-14,17,23H,15,25H2,1-5H3. The Morgan fingerprint density at radius 2 is 1.69 bits per heavy atom. The molecule has 0 aliphatic heterocycles. The van der Waals surface area contributed by atoms with Gasteiger partial charge in [-0.2, -0.15) is 5.10 Å². The van der Waals surface area contributed by atoms with Gasteiger partial charge in [0, 0.05) is 30.9 Å². The lowest BCUT2D eigenvalue weighted by Crippen LogP contribution is -2.36. The van der Waals surface area contributed by atoms with Crippen LogP contribution < -0.4 is 5.73 Å². The molecule has 0 aliphatic carbocycles. The van der Waals surface area contributed by atoms with Crippen molar-refractivity contribution in [3.8, 4) is 5.69 Å². The predicted molar refractivity (Wildman–Crippen MR) is 117 cm³/mol. The van der Waals surface area contributed by atoms with E-state index in [1.807, 2.05) is 68.0 Å². The fourth-order valence-corrected chi connectivity index (χ4v) is 3.72. The van der Waals surface area contributed by atoms with E-state index in [-0.39, 0.29) is 17.9 Å². The molecule has 0 spiro atoms. The zero-order valence-electron chi connectivity index (χ0n) is 17.9. The monoisotopic (exact) mass is 390 g/mol. The molecule has 5 heteroatoms. The molecular weight excluding hydrogens is 360 g/mol. The Bertz CT molecular complexity index is 993. The maximum atomic E-state index is 13.0. The van der Waals surface area contributed by atoms with E-state index in [0.29, 0.717) is 6.54 Å². The van der Waals surface area contributed by atoms with Crippen LogP contribution in [0.15, 0.2) is 54.6 Å². The summed E-state index contributed by atoms with van der Waals surface area (Å²) < 4.78 is 1.97. The Labute approximate surface area is 173 Å². The Morgan fingerprint density at radius 3 is 2.34 bits per heavy atom. The Kier molecular flexibility index (Phi) is 6.18. The van der Waals surface area contributed by atoms with Crippen LogP contribution >= 0.6 is 0 Å². The summed E-state index contributed by atoms with van der Waals surface area (Å²) in [4.78, 5) is 14.8. The third-order valence-corrected chi connectivity index (χ3v) is 5.67. The molecule has 0 saturated carbocycles. The number of amides is 1. The minimum Gasteiger partial charge on any atom is -0.341 e. The van der Waals surface area contributed by atoms with Gasteiger partial charge in [0.1, 0.15) is 0 Å². The third kappa shape index (κ3) is 4.25. The molecule has 1 amide bonds. The molecule has 29 heavy (non-hydrogen) atoms. The van der Waals surface area contributed by atoms with Crippen LogP contribution in [0, 0.1) is 26.7 Å². The second-order valence-corrected chi connectivity index (χ2v) is 7.77. The number of rotatable bonds is 6. The van der Waals surface area contributed by atoms with E-state index in [4.69, 9.17) is 10.8 Å². The summed E-state index contributed by atoms with van der Waals surface area (Å²) in [6.45, 7) is 8.53. The summed E-state index contributed by atoms with van der Waals surface area (Å²) in [5.41, 5.74) is 12.6. The molecule has 2 unspecified atom stereocenters. The van der Waals surface area contributed by atoms with E-state index in [0.717, 1.165) is 33.8 Å². The molecular formula is C24H30N4O. The van der Waals surface area contributed by atoms with Crippen molar-refractivity contribution in [3.05, 3.63) is 82.7 Å². The number of para-hydroxylation sites is 1. The van der Waals surface area contributed by atoms with Crippen molar-refractivity contribution in [2.75, 3.05) is 7.05 Å². The van der Waals surface area contributed by atoms with Gasteiger partial charge < -0.3 is 10.6 Å². The molecule has 2 atom stereocenters. The van der Waals surface area contributed by atoms with Gasteiger partial charge in [0.25, 0.3) is 0 Å². The number of nitrogens with zero attached hydrogens (tertiary/aromatic N) is 3. The van der Waals surface area contributed by atoms with E-state index in [1.165, 1.54) is 0 Å². The molecule has 1 aromatic heterocycles. The average molecular weight is 391 g/mol. The highest BCUT2D eigenvalue weighted by Gasteiger charge is 2.26. The zero-order valence-corrected chi connectivity index (χ0v) is 17.9. The van der Waals surface area contributed by atoms with Crippen molar-refractivity contribution in [1.29, 1.82) is 0 Å². The molecule has 2 aromatic carbocycles. The number of aryl methyl sites for hydroxylation is 2. The van der Waals surface area contributed by atoms with Crippen LogP contribution in [0.25, 0.3) is 5.69 Å². The molecule has 0 aliphatic rings. The van der Waals surface area contributed by atoms with E-state index in [2.05, 4.69) is 26.0 Å². The lowest BCUT2D eigenvalue weighted by Gasteiger charge is -2.25. The number of carbonyl (C=O) groups excluding carboxylic acids is 1. The minimum atomic E-state index is -0.331. The van der Waals surface area contributed by atoms with Crippen LogP contribution in [0.4, 0.5) is 0 Å². The van der Waals surface area contributed by atoms with Gasteiger partial charge in [0.2, 0.25) is 5.91 Å². The summed E-state index contributed by atoms with van der Waals surface area (Å²) in [6, 6.07) is 17.6. The third-order valence-electron chi connectivity index (χ3n) is 5.67. The molecule has 0 bridgehead atoms. The van der Waals surface area contributed by atoms with Crippen LogP contribution in [-0.4, -0.2) is 27.6 Å². The average Bonchev–Trinajstić information content (AvgIpc) is 3.01. The van der Waals surface area contributed by atoms with Crippen molar-refractivity contribution in [1.82, 2.24) is 14.7 Å². The molecule has 0 fully saturated rings. The van der Waals surface area contributed by atoms with Crippen molar-refractivity contribution < 1.29 is 4.79 Å². The topological polar surface area (TPSA) is 64.2 Å². The van der Waals surface area contributed by atoms with E-state index >= 15 is 0 Å². The Hall–Kier alpha value is -2.92. The van der Waals surface area contributed by atoms with Gasteiger partial charge in [-0.15, -0.1) is 0 Å². The van der Waals surface area contributed by atoms with Crippen LogP contribution in [0.3, 0.4) is 0 Å². The van der Waals surface area contributed by atoms with Crippen molar-refractivity contribution in [3.63, 3.8) is 0 Å². The van der Waals surface area contributed by atoms with E-state index < -0.39 is 0 Å². The lowest BCUT2D eigenvalue weighted by molar-refractivity contribution is -0.134. The number of benzene rings is 2. The second kappa shape index (κ2) is 8.62. The summed E-state index contributed by atoms with van der Waals surface area (Å²) in [6.07, 6.45) is 0. The molecule has 0 radical (unpaired) electrons. The van der Waals surface area contributed by atoms with Crippen molar-refractivity contribution in [2.45, 2.75) is 40.3 Å². The van der Waals surface area contributed by atoms with Crippen LogP contribution in [0.5, 0.6) is 0 Å². The molecule has 3 rings (SSSR count). The number of carbonyl (C=O) groups is 1. The fourth-order valence-electron chi connectivity index (χ4n) is 3.72. The number of hydrogen-bond acceptors (Lipinski definition) is 3. The van der Waals surface area contributed by atoms with E-state index in [1.54, 1.807) is 4.90 Å². The fraction of sp³-hybridized carbons (Fsp3) is 0.333. The van der Waals surface area contributed by atoms with Crippen molar-refractivity contribution >= 4 is 5.91 Å².